The summed E-state index contributed by atoms with van der Waals surface area (Å²) in [4.78, 5) is 16.9. The number of ether oxygens (including phenoxy) is 1. The number of hydrazine groups is 1. The van der Waals surface area contributed by atoms with Crippen molar-refractivity contribution in [2.45, 2.75) is 18.9 Å². The molecule has 1 aromatic carbocycles. The molecule has 6 nitrogen and oxygen atoms in total. The zero-order valence-electron chi connectivity index (χ0n) is 11.6. The van der Waals surface area contributed by atoms with Crippen molar-refractivity contribution in [3.05, 3.63) is 35.9 Å². The van der Waals surface area contributed by atoms with E-state index >= 15 is 0 Å². The number of aromatic nitrogens is 1. The largest absolute Gasteiger partial charge is 0.379 e. The van der Waals surface area contributed by atoms with Crippen molar-refractivity contribution in [2.75, 3.05) is 18.6 Å². The number of rotatable bonds is 3. The second-order valence-electron chi connectivity index (χ2n) is 5.10. The van der Waals surface area contributed by atoms with Crippen LogP contribution in [-0.2, 0) is 4.74 Å². The first kappa shape index (κ1) is 13.8. The fourth-order valence-corrected chi connectivity index (χ4v) is 2.55. The number of nitrogens with zero attached hydrogens (tertiary/aromatic N) is 1. The van der Waals surface area contributed by atoms with Gasteiger partial charge in [0.25, 0.3) is 5.91 Å². The smallest absolute Gasteiger partial charge is 0.252 e. The van der Waals surface area contributed by atoms with E-state index in [4.69, 9.17) is 10.6 Å². The Morgan fingerprint density at radius 3 is 3.00 bits per heavy atom. The normalized spacial score (nSPS) is 18.4. The van der Waals surface area contributed by atoms with Crippen molar-refractivity contribution in [1.29, 1.82) is 0 Å². The van der Waals surface area contributed by atoms with E-state index in [2.05, 4.69) is 15.7 Å². The van der Waals surface area contributed by atoms with Gasteiger partial charge in [-0.05, 0) is 25.0 Å². The Morgan fingerprint density at radius 2 is 2.24 bits per heavy atom. The lowest BCUT2D eigenvalue weighted by molar-refractivity contribution is 0.0625. The Morgan fingerprint density at radius 1 is 1.38 bits per heavy atom. The summed E-state index contributed by atoms with van der Waals surface area (Å²) >= 11 is 0. The first-order chi connectivity index (χ1) is 10.3. The van der Waals surface area contributed by atoms with Crippen LogP contribution in [0.5, 0.6) is 0 Å². The molecule has 2 heterocycles. The molecule has 0 radical (unpaired) electrons. The van der Waals surface area contributed by atoms with Gasteiger partial charge in [-0.15, -0.1) is 0 Å². The number of nitrogen functional groups attached to an aromatic ring is 1. The van der Waals surface area contributed by atoms with Crippen LogP contribution in [0, 0.1) is 0 Å². The minimum Gasteiger partial charge on any atom is -0.379 e. The van der Waals surface area contributed by atoms with Crippen LogP contribution >= 0.6 is 0 Å². The summed E-state index contributed by atoms with van der Waals surface area (Å²) in [6.07, 6.45) is 1.91. The molecule has 1 aromatic heterocycles. The van der Waals surface area contributed by atoms with E-state index in [9.17, 15) is 4.79 Å². The molecule has 0 saturated carbocycles. The minimum atomic E-state index is -0.124. The number of anilines is 1. The topological polar surface area (TPSA) is 89.3 Å². The lowest BCUT2D eigenvalue weighted by Crippen LogP contribution is -2.40. The zero-order chi connectivity index (χ0) is 14.7. The fraction of sp³-hybridized carbons (Fsp3) is 0.333. The first-order valence-electron chi connectivity index (χ1n) is 7.03. The summed E-state index contributed by atoms with van der Waals surface area (Å²) in [7, 11) is 0. The molecule has 0 aliphatic carbocycles. The van der Waals surface area contributed by atoms with Gasteiger partial charge in [-0.2, -0.15) is 0 Å². The number of carbonyl (C=O) groups excluding carboxylic acids is 1. The Balaban J connectivity index is 1.92. The van der Waals surface area contributed by atoms with Crippen molar-refractivity contribution >= 4 is 22.6 Å². The van der Waals surface area contributed by atoms with Crippen LogP contribution in [0.3, 0.4) is 0 Å². The number of hydrogen-bond donors (Lipinski definition) is 3. The van der Waals surface area contributed by atoms with E-state index in [0.717, 1.165) is 30.4 Å². The van der Waals surface area contributed by atoms with Crippen molar-refractivity contribution in [2.24, 2.45) is 5.84 Å². The maximum atomic E-state index is 12.5. The van der Waals surface area contributed by atoms with Crippen LogP contribution < -0.4 is 16.6 Å². The molecule has 21 heavy (non-hydrogen) atoms. The molecule has 6 heteroatoms. The number of para-hydroxylation sites is 1. The molecule has 1 aliphatic heterocycles. The van der Waals surface area contributed by atoms with Crippen LogP contribution in [0.2, 0.25) is 0 Å². The summed E-state index contributed by atoms with van der Waals surface area (Å²) in [5.41, 5.74) is 3.81. The number of fused-ring (bicyclic) bond motifs is 1. The van der Waals surface area contributed by atoms with Crippen LogP contribution in [0.4, 0.5) is 5.82 Å². The Hall–Kier alpha value is -2.18. The summed E-state index contributed by atoms with van der Waals surface area (Å²) in [6, 6.07) is 9.24. The highest BCUT2D eigenvalue weighted by molar-refractivity contribution is 6.07. The van der Waals surface area contributed by atoms with Crippen molar-refractivity contribution < 1.29 is 9.53 Å². The quantitative estimate of drug-likeness (QED) is 0.586. The van der Waals surface area contributed by atoms with Gasteiger partial charge >= 0.3 is 0 Å². The standard InChI is InChI=1S/C15H18N4O2/c16-19-14-8-12(11-5-1-2-6-13(11)18-14)15(20)17-10-4-3-7-21-9-10/h1-2,5-6,8,10H,3-4,7,9,16H2,(H,17,20)(H,18,19). The number of hydrogen-bond acceptors (Lipinski definition) is 5. The van der Waals surface area contributed by atoms with Crippen molar-refractivity contribution in [3.63, 3.8) is 0 Å². The third-order valence-corrected chi connectivity index (χ3v) is 3.60. The lowest BCUT2D eigenvalue weighted by atomic mass is 10.1. The molecule has 1 unspecified atom stereocenters. The van der Waals surface area contributed by atoms with Gasteiger partial charge in [0.1, 0.15) is 5.82 Å². The molecule has 1 fully saturated rings. The Kier molecular flexibility index (Phi) is 3.98. The SMILES string of the molecule is NNc1cc(C(=O)NC2CCCOC2)c2ccccc2n1. The van der Waals surface area contributed by atoms with E-state index in [-0.39, 0.29) is 11.9 Å². The third kappa shape index (κ3) is 2.96. The number of nitrogens with one attached hydrogen (secondary N) is 2. The first-order valence-corrected chi connectivity index (χ1v) is 7.03. The highest BCUT2D eigenvalue weighted by Gasteiger charge is 2.19. The van der Waals surface area contributed by atoms with E-state index in [1.807, 2.05) is 24.3 Å². The molecular formula is C15H18N4O2. The monoisotopic (exact) mass is 286 g/mol. The molecule has 1 atom stereocenters. The zero-order valence-corrected chi connectivity index (χ0v) is 11.6. The molecular weight excluding hydrogens is 268 g/mol. The molecule has 1 amide bonds. The molecule has 2 aromatic rings. The third-order valence-electron chi connectivity index (χ3n) is 3.60. The average molecular weight is 286 g/mol. The second kappa shape index (κ2) is 6.07. The van der Waals surface area contributed by atoms with Crippen molar-refractivity contribution in [1.82, 2.24) is 10.3 Å². The highest BCUT2D eigenvalue weighted by atomic mass is 16.5. The van der Waals surface area contributed by atoms with E-state index in [1.54, 1.807) is 6.07 Å². The number of carbonyl (C=O) groups is 1. The van der Waals surface area contributed by atoms with Gasteiger partial charge < -0.3 is 15.5 Å². The van der Waals surface area contributed by atoms with Crippen LogP contribution in [0.1, 0.15) is 23.2 Å². The molecule has 1 saturated heterocycles. The van der Waals surface area contributed by atoms with Gasteiger partial charge in [-0.1, -0.05) is 18.2 Å². The van der Waals surface area contributed by atoms with E-state index in [1.165, 1.54) is 0 Å². The summed E-state index contributed by atoms with van der Waals surface area (Å²) in [6.45, 7) is 1.34. The van der Waals surface area contributed by atoms with Gasteiger partial charge in [0.15, 0.2) is 0 Å². The summed E-state index contributed by atoms with van der Waals surface area (Å²) in [5, 5.41) is 3.83. The van der Waals surface area contributed by atoms with Gasteiger partial charge in [0.2, 0.25) is 0 Å². The predicted molar refractivity (Wildman–Crippen MR) is 80.9 cm³/mol. The Labute approximate surface area is 122 Å². The van der Waals surface area contributed by atoms with Gasteiger partial charge in [-0.3, -0.25) is 4.79 Å². The average Bonchev–Trinajstić information content (AvgIpc) is 2.54. The maximum Gasteiger partial charge on any atom is 0.252 e. The summed E-state index contributed by atoms with van der Waals surface area (Å²) in [5.74, 6) is 5.78. The minimum absolute atomic E-state index is 0.0625. The fourth-order valence-electron chi connectivity index (χ4n) is 2.55. The molecule has 0 spiro atoms. The van der Waals surface area contributed by atoms with E-state index in [0.29, 0.717) is 18.0 Å². The van der Waals surface area contributed by atoms with Gasteiger partial charge in [0.05, 0.1) is 23.7 Å². The number of nitrogens with two attached hydrogens (primary N) is 1. The molecule has 0 bridgehead atoms. The number of amides is 1. The maximum absolute atomic E-state index is 12.5. The highest BCUT2D eigenvalue weighted by Crippen LogP contribution is 2.20. The summed E-state index contributed by atoms with van der Waals surface area (Å²) < 4.78 is 5.39. The molecule has 3 rings (SSSR count). The lowest BCUT2D eigenvalue weighted by Gasteiger charge is -2.23. The Bertz CT molecular complexity index is 653. The predicted octanol–water partition coefficient (Wildman–Crippen LogP) is 1.43. The molecule has 4 N–H and O–H groups in total. The molecule has 1 aliphatic rings. The van der Waals surface area contributed by atoms with Crippen LogP contribution in [-0.4, -0.2) is 30.1 Å². The van der Waals surface area contributed by atoms with Crippen LogP contribution in [0.25, 0.3) is 10.9 Å². The number of pyridine rings is 1. The number of benzene rings is 1. The van der Waals surface area contributed by atoms with E-state index < -0.39 is 0 Å². The van der Waals surface area contributed by atoms with Gasteiger partial charge in [-0.25, -0.2) is 10.8 Å². The van der Waals surface area contributed by atoms with Crippen LogP contribution in [0.15, 0.2) is 30.3 Å². The second-order valence-corrected chi connectivity index (χ2v) is 5.10. The van der Waals surface area contributed by atoms with Gasteiger partial charge in [0, 0.05) is 12.0 Å². The molecule has 110 valence electrons. The van der Waals surface area contributed by atoms with Crippen molar-refractivity contribution in [3.8, 4) is 0 Å².